The smallest absolute Gasteiger partial charge is 0.395 e. The SMILES string of the molecule is Cc1ccc2[nH]c(Cl)c(-c3cccc4c3OC(F)(F)O4)c2c1. The summed E-state index contributed by atoms with van der Waals surface area (Å²) in [6.07, 6.45) is -3.66. The van der Waals surface area contributed by atoms with Gasteiger partial charge in [-0.2, -0.15) is 0 Å². The number of aromatic amines is 1. The molecule has 0 saturated heterocycles. The van der Waals surface area contributed by atoms with Crippen LogP contribution >= 0.6 is 11.6 Å². The fourth-order valence-electron chi connectivity index (χ4n) is 2.70. The average Bonchev–Trinajstić information content (AvgIpc) is 2.92. The van der Waals surface area contributed by atoms with Crippen LogP contribution in [0, 0.1) is 6.92 Å². The van der Waals surface area contributed by atoms with Crippen molar-refractivity contribution in [2.75, 3.05) is 0 Å². The van der Waals surface area contributed by atoms with Gasteiger partial charge < -0.3 is 14.5 Å². The van der Waals surface area contributed by atoms with E-state index in [9.17, 15) is 8.78 Å². The molecule has 0 atom stereocenters. The van der Waals surface area contributed by atoms with Crippen molar-refractivity contribution in [3.05, 3.63) is 47.1 Å². The summed E-state index contributed by atoms with van der Waals surface area (Å²) in [5.74, 6) is -0.00243. The van der Waals surface area contributed by atoms with Crippen molar-refractivity contribution < 1.29 is 18.3 Å². The molecule has 3 nitrogen and oxygen atoms in total. The second kappa shape index (κ2) is 4.36. The standard InChI is InChI=1S/C16H10ClF2NO2/c1-8-5-6-11-10(7-8)13(15(17)20-11)9-3-2-4-12-14(9)22-16(18,19)21-12/h2-7,20H,1H3. The summed E-state index contributed by atoms with van der Waals surface area (Å²) in [7, 11) is 0. The highest BCUT2D eigenvalue weighted by molar-refractivity contribution is 6.34. The molecule has 112 valence electrons. The number of para-hydroxylation sites is 1. The molecule has 1 N–H and O–H groups in total. The zero-order chi connectivity index (χ0) is 15.5. The molecule has 0 radical (unpaired) electrons. The van der Waals surface area contributed by atoms with Crippen molar-refractivity contribution in [3.8, 4) is 22.6 Å². The lowest BCUT2D eigenvalue weighted by molar-refractivity contribution is -0.286. The number of aryl methyl sites for hydroxylation is 1. The van der Waals surface area contributed by atoms with Crippen molar-refractivity contribution in [2.45, 2.75) is 13.2 Å². The van der Waals surface area contributed by atoms with E-state index in [1.165, 1.54) is 6.07 Å². The van der Waals surface area contributed by atoms with Gasteiger partial charge in [0.1, 0.15) is 5.15 Å². The predicted molar refractivity (Wildman–Crippen MR) is 79.7 cm³/mol. The summed E-state index contributed by atoms with van der Waals surface area (Å²) in [6.45, 7) is 1.95. The van der Waals surface area contributed by atoms with E-state index in [1.54, 1.807) is 12.1 Å². The molecule has 22 heavy (non-hydrogen) atoms. The van der Waals surface area contributed by atoms with E-state index in [0.29, 0.717) is 16.3 Å². The van der Waals surface area contributed by atoms with Crippen molar-refractivity contribution >= 4 is 22.5 Å². The Kier molecular flexibility index (Phi) is 2.66. The third-order valence-corrected chi connectivity index (χ3v) is 3.89. The van der Waals surface area contributed by atoms with E-state index < -0.39 is 6.29 Å². The largest absolute Gasteiger partial charge is 0.586 e. The normalized spacial score (nSPS) is 15.5. The minimum Gasteiger partial charge on any atom is -0.395 e. The van der Waals surface area contributed by atoms with Crippen LogP contribution in [0.15, 0.2) is 36.4 Å². The first kappa shape index (κ1) is 13.4. The van der Waals surface area contributed by atoms with Gasteiger partial charge in [0, 0.05) is 22.0 Å². The Labute approximate surface area is 129 Å². The number of halogens is 3. The Morgan fingerprint density at radius 2 is 1.95 bits per heavy atom. The molecule has 0 amide bonds. The monoisotopic (exact) mass is 321 g/mol. The molecule has 1 aliphatic rings. The fourth-order valence-corrected chi connectivity index (χ4v) is 3.01. The van der Waals surface area contributed by atoms with Crippen LogP contribution < -0.4 is 9.47 Å². The zero-order valence-electron chi connectivity index (χ0n) is 11.4. The number of nitrogens with one attached hydrogen (secondary N) is 1. The van der Waals surface area contributed by atoms with Gasteiger partial charge in [-0.05, 0) is 25.1 Å². The number of rotatable bonds is 1. The number of ether oxygens (including phenoxy) is 2. The average molecular weight is 322 g/mol. The number of alkyl halides is 2. The van der Waals surface area contributed by atoms with Crippen LogP contribution in [0.3, 0.4) is 0 Å². The van der Waals surface area contributed by atoms with Gasteiger partial charge in [0.15, 0.2) is 11.5 Å². The first-order valence-corrected chi connectivity index (χ1v) is 6.99. The van der Waals surface area contributed by atoms with Gasteiger partial charge in [-0.15, -0.1) is 8.78 Å². The Morgan fingerprint density at radius 3 is 2.77 bits per heavy atom. The Hall–Kier alpha value is -2.27. The summed E-state index contributed by atoms with van der Waals surface area (Å²) >= 11 is 6.29. The molecule has 0 saturated carbocycles. The molecule has 3 aromatic rings. The Balaban J connectivity index is 2.00. The summed E-state index contributed by atoms with van der Waals surface area (Å²) < 4.78 is 35.9. The van der Waals surface area contributed by atoms with E-state index >= 15 is 0 Å². The molecular formula is C16H10ClF2NO2. The molecule has 1 aromatic heterocycles. The fraction of sp³-hybridized carbons (Fsp3) is 0.125. The second-order valence-corrected chi connectivity index (χ2v) is 5.54. The lowest BCUT2D eigenvalue weighted by Crippen LogP contribution is -2.26. The number of aromatic nitrogens is 1. The third kappa shape index (κ3) is 1.93. The highest BCUT2D eigenvalue weighted by Gasteiger charge is 2.44. The van der Waals surface area contributed by atoms with Crippen LogP contribution in [-0.4, -0.2) is 11.3 Å². The summed E-state index contributed by atoms with van der Waals surface area (Å²) in [6, 6.07) is 10.5. The van der Waals surface area contributed by atoms with Crippen LogP contribution in [0.5, 0.6) is 11.5 Å². The lowest BCUT2D eigenvalue weighted by atomic mass is 10.0. The lowest BCUT2D eigenvalue weighted by Gasteiger charge is -2.07. The van der Waals surface area contributed by atoms with Crippen LogP contribution in [0.25, 0.3) is 22.0 Å². The second-order valence-electron chi connectivity index (χ2n) is 5.16. The van der Waals surface area contributed by atoms with Crippen LogP contribution in [0.4, 0.5) is 8.78 Å². The van der Waals surface area contributed by atoms with Gasteiger partial charge in [0.25, 0.3) is 0 Å². The number of H-pyrrole nitrogens is 1. The van der Waals surface area contributed by atoms with Crippen LogP contribution in [0.2, 0.25) is 5.15 Å². The van der Waals surface area contributed by atoms with Gasteiger partial charge in [-0.1, -0.05) is 35.4 Å². The molecule has 0 unspecified atom stereocenters. The molecular weight excluding hydrogens is 312 g/mol. The topological polar surface area (TPSA) is 34.2 Å². The highest BCUT2D eigenvalue weighted by Crippen LogP contribution is 2.49. The molecule has 4 rings (SSSR count). The van der Waals surface area contributed by atoms with Crippen LogP contribution in [-0.2, 0) is 0 Å². The number of fused-ring (bicyclic) bond motifs is 2. The van der Waals surface area contributed by atoms with Gasteiger partial charge in [-0.25, -0.2) is 0 Å². The maximum atomic E-state index is 13.4. The molecule has 6 heteroatoms. The van der Waals surface area contributed by atoms with Crippen molar-refractivity contribution in [1.82, 2.24) is 4.98 Å². The first-order chi connectivity index (χ1) is 10.4. The molecule has 0 aliphatic carbocycles. The highest BCUT2D eigenvalue weighted by atomic mass is 35.5. The van der Waals surface area contributed by atoms with E-state index in [1.807, 2.05) is 25.1 Å². The molecule has 2 aromatic carbocycles. The summed E-state index contributed by atoms with van der Waals surface area (Å²) in [4.78, 5) is 3.05. The van der Waals surface area contributed by atoms with Gasteiger partial charge in [0.05, 0.1) is 0 Å². The van der Waals surface area contributed by atoms with Gasteiger partial charge >= 0.3 is 6.29 Å². The molecule has 0 bridgehead atoms. The number of hydrogen-bond acceptors (Lipinski definition) is 2. The zero-order valence-corrected chi connectivity index (χ0v) is 12.2. The minimum atomic E-state index is -3.66. The summed E-state index contributed by atoms with van der Waals surface area (Å²) in [5, 5.41) is 1.21. The van der Waals surface area contributed by atoms with E-state index in [-0.39, 0.29) is 11.5 Å². The third-order valence-electron chi connectivity index (χ3n) is 3.61. The van der Waals surface area contributed by atoms with Crippen molar-refractivity contribution in [1.29, 1.82) is 0 Å². The molecule has 0 spiro atoms. The Bertz CT molecular complexity index is 905. The maximum Gasteiger partial charge on any atom is 0.586 e. The predicted octanol–water partition coefficient (Wildman–Crippen LogP) is 5.12. The van der Waals surface area contributed by atoms with Crippen molar-refractivity contribution in [3.63, 3.8) is 0 Å². The number of hydrogen-bond donors (Lipinski definition) is 1. The maximum absolute atomic E-state index is 13.4. The number of benzene rings is 2. The molecule has 2 heterocycles. The van der Waals surface area contributed by atoms with E-state index in [2.05, 4.69) is 14.5 Å². The van der Waals surface area contributed by atoms with E-state index in [4.69, 9.17) is 11.6 Å². The summed E-state index contributed by atoms with van der Waals surface area (Å²) in [5.41, 5.74) is 2.96. The molecule has 1 aliphatic heterocycles. The van der Waals surface area contributed by atoms with Gasteiger partial charge in [0.2, 0.25) is 0 Å². The first-order valence-electron chi connectivity index (χ1n) is 6.62. The van der Waals surface area contributed by atoms with E-state index in [0.717, 1.165) is 16.5 Å². The minimum absolute atomic E-state index is 0.000528. The molecule has 0 fully saturated rings. The quantitative estimate of drug-likeness (QED) is 0.675. The van der Waals surface area contributed by atoms with Crippen LogP contribution in [0.1, 0.15) is 5.56 Å². The van der Waals surface area contributed by atoms with Crippen molar-refractivity contribution in [2.24, 2.45) is 0 Å². The Morgan fingerprint density at radius 1 is 1.14 bits per heavy atom. The van der Waals surface area contributed by atoms with Gasteiger partial charge in [-0.3, -0.25) is 0 Å².